The molecule has 1 fully saturated rings. The number of nitrogens with zero attached hydrogens (tertiary/aromatic N) is 3. The molecule has 1 aliphatic heterocycles. The van der Waals surface area contributed by atoms with Gasteiger partial charge in [-0.1, -0.05) is 0 Å². The quantitative estimate of drug-likeness (QED) is 0.784. The van der Waals surface area contributed by atoms with Crippen LogP contribution in [0.2, 0.25) is 0 Å². The lowest BCUT2D eigenvalue weighted by Gasteiger charge is -2.25. The fraction of sp³-hybridized carbons (Fsp3) is 0.500. The predicted octanol–water partition coefficient (Wildman–Crippen LogP) is 1.14. The molecule has 3 rings (SSSR count). The van der Waals surface area contributed by atoms with Crippen LogP contribution in [0.25, 0.3) is 11.0 Å². The second-order valence-corrected chi connectivity index (χ2v) is 5.43. The fourth-order valence-corrected chi connectivity index (χ4v) is 2.89. The van der Waals surface area contributed by atoms with Gasteiger partial charge in [0.25, 0.3) is 0 Å². The molecular weight excluding hydrogens is 270 g/mol. The Labute approximate surface area is 122 Å². The SMILES string of the molecule is Cc1nn(C)c2ncc(C(=O)O)c(NC3CCNCC3)c12. The van der Waals surface area contributed by atoms with Crippen LogP contribution in [0.3, 0.4) is 0 Å². The van der Waals surface area contributed by atoms with Crippen LogP contribution in [0.15, 0.2) is 6.20 Å². The number of aromatic nitrogens is 3. The number of hydrogen-bond acceptors (Lipinski definition) is 5. The molecule has 0 bridgehead atoms. The molecule has 0 aliphatic carbocycles. The second kappa shape index (κ2) is 5.33. The molecule has 1 saturated heterocycles. The smallest absolute Gasteiger partial charge is 0.339 e. The maximum absolute atomic E-state index is 11.5. The summed E-state index contributed by atoms with van der Waals surface area (Å²) in [5.74, 6) is -0.968. The van der Waals surface area contributed by atoms with Gasteiger partial charge in [0.05, 0.1) is 16.8 Å². The van der Waals surface area contributed by atoms with Crippen molar-refractivity contribution < 1.29 is 9.90 Å². The second-order valence-electron chi connectivity index (χ2n) is 5.43. The summed E-state index contributed by atoms with van der Waals surface area (Å²) in [7, 11) is 1.82. The first-order chi connectivity index (χ1) is 10.1. The maximum Gasteiger partial charge on any atom is 0.339 e. The number of aryl methyl sites for hydroxylation is 2. The minimum absolute atomic E-state index is 0.206. The van der Waals surface area contributed by atoms with E-state index in [0.717, 1.165) is 37.0 Å². The van der Waals surface area contributed by atoms with Gasteiger partial charge in [-0.15, -0.1) is 0 Å². The molecule has 7 heteroatoms. The number of nitrogens with one attached hydrogen (secondary N) is 2. The number of pyridine rings is 1. The highest BCUT2D eigenvalue weighted by molar-refractivity contribution is 6.04. The highest BCUT2D eigenvalue weighted by Gasteiger charge is 2.22. The van der Waals surface area contributed by atoms with Gasteiger partial charge >= 0.3 is 5.97 Å². The van der Waals surface area contributed by atoms with Crippen molar-refractivity contribution in [2.45, 2.75) is 25.8 Å². The third-order valence-corrected chi connectivity index (χ3v) is 3.95. The zero-order valence-corrected chi connectivity index (χ0v) is 12.2. The van der Waals surface area contributed by atoms with Crippen molar-refractivity contribution >= 4 is 22.7 Å². The molecule has 0 amide bonds. The van der Waals surface area contributed by atoms with E-state index in [2.05, 4.69) is 20.7 Å². The molecule has 112 valence electrons. The lowest BCUT2D eigenvalue weighted by molar-refractivity contribution is 0.0697. The van der Waals surface area contributed by atoms with Crippen molar-refractivity contribution in [3.8, 4) is 0 Å². The number of anilines is 1. The van der Waals surface area contributed by atoms with E-state index in [9.17, 15) is 9.90 Å². The topological polar surface area (TPSA) is 92.1 Å². The van der Waals surface area contributed by atoms with E-state index >= 15 is 0 Å². The molecule has 21 heavy (non-hydrogen) atoms. The van der Waals surface area contributed by atoms with Crippen LogP contribution < -0.4 is 10.6 Å². The van der Waals surface area contributed by atoms with Gasteiger partial charge in [0, 0.05) is 19.3 Å². The summed E-state index contributed by atoms with van der Waals surface area (Å²) in [6.07, 6.45) is 3.36. The number of carboxylic acid groups (broad SMARTS) is 1. The van der Waals surface area contributed by atoms with E-state index in [0.29, 0.717) is 11.3 Å². The zero-order chi connectivity index (χ0) is 15.0. The minimum Gasteiger partial charge on any atom is -0.478 e. The fourth-order valence-electron chi connectivity index (χ4n) is 2.89. The third-order valence-electron chi connectivity index (χ3n) is 3.95. The van der Waals surface area contributed by atoms with E-state index in [4.69, 9.17) is 0 Å². The van der Waals surface area contributed by atoms with E-state index in [1.165, 1.54) is 6.20 Å². The Morgan fingerprint density at radius 1 is 1.48 bits per heavy atom. The Balaban J connectivity index is 2.11. The number of fused-ring (bicyclic) bond motifs is 1. The Bertz CT molecular complexity index is 688. The van der Waals surface area contributed by atoms with Gasteiger partial charge in [0.2, 0.25) is 0 Å². The Morgan fingerprint density at radius 3 is 2.86 bits per heavy atom. The Morgan fingerprint density at radius 2 is 2.19 bits per heavy atom. The standard InChI is InChI=1S/C14H19N5O2/c1-8-11-12(17-9-3-5-15-6-4-9)10(14(20)21)7-16-13(11)19(2)18-8/h7,9,15H,3-6H2,1-2H3,(H,16,17)(H,20,21). The van der Waals surface area contributed by atoms with E-state index in [1.54, 1.807) is 4.68 Å². The number of hydrogen-bond donors (Lipinski definition) is 3. The summed E-state index contributed by atoms with van der Waals surface area (Å²) in [4.78, 5) is 15.7. The molecule has 7 nitrogen and oxygen atoms in total. The molecule has 0 unspecified atom stereocenters. The molecule has 0 atom stereocenters. The molecule has 2 aromatic heterocycles. The van der Waals surface area contributed by atoms with Crippen molar-refractivity contribution in [3.05, 3.63) is 17.5 Å². The number of carbonyl (C=O) groups is 1. The minimum atomic E-state index is -0.968. The Hall–Kier alpha value is -2.15. The molecular formula is C14H19N5O2. The average Bonchev–Trinajstić information content (AvgIpc) is 2.75. The summed E-state index contributed by atoms with van der Waals surface area (Å²) in [5.41, 5.74) is 2.34. The van der Waals surface area contributed by atoms with Gasteiger partial charge < -0.3 is 15.7 Å². The molecule has 1 aliphatic rings. The normalized spacial score (nSPS) is 16.3. The van der Waals surface area contributed by atoms with Crippen LogP contribution >= 0.6 is 0 Å². The molecule has 0 aromatic carbocycles. The lowest BCUT2D eigenvalue weighted by atomic mass is 10.0. The number of piperidine rings is 1. The summed E-state index contributed by atoms with van der Waals surface area (Å²) in [6, 6.07) is 0.273. The molecule has 3 heterocycles. The van der Waals surface area contributed by atoms with Gasteiger partial charge in [-0.2, -0.15) is 5.10 Å². The highest BCUT2D eigenvalue weighted by Crippen LogP contribution is 2.30. The molecule has 0 radical (unpaired) electrons. The van der Waals surface area contributed by atoms with Gasteiger partial charge in [-0.3, -0.25) is 4.68 Å². The van der Waals surface area contributed by atoms with E-state index in [-0.39, 0.29) is 11.6 Å². The first kappa shape index (κ1) is 13.8. The molecule has 3 N–H and O–H groups in total. The van der Waals surface area contributed by atoms with E-state index < -0.39 is 5.97 Å². The zero-order valence-electron chi connectivity index (χ0n) is 12.2. The van der Waals surface area contributed by atoms with Crippen LogP contribution in [0.1, 0.15) is 28.9 Å². The third kappa shape index (κ3) is 2.44. The van der Waals surface area contributed by atoms with Crippen LogP contribution in [0.4, 0.5) is 5.69 Å². The monoisotopic (exact) mass is 289 g/mol. The molecule has 2 aromatic rings. The van der Waals surface area contributed by atoms with Crippen LogP contribution in [0, 0.1) is 6.92 Å². The summed E-state index contributed by atoms with van der Waals surface area (Å²) in [6.45, 7) is 3.77. The van der Waals surface area contributed by atoms with Crippen LogP contribution in [-0.2, 0) is 7.05 Å². The average molecular weight is 289 g/mol. The van der Waals surface area contributed by atoms with Gasteiger partial charge in [0.1, 0.15) is 5.56 Å². The Kier molecular flexibility index (Phi) is 3.50. The first-order valence-electron chi connectivity index (χ1n) is 7.10. The van der Waals surface area contributed by atoms with Crippen molar-refractivity contribution in [1.82, 2.24) is 20.1 Å². The van der Waals surface area contributed by atoms with Crippen LogP contribution in [0.5, 0.6) is 0 Å². The van der Waals surface area contributed by atoms with Crippen molar-refractivity contribution in [1.29, 1.82) is 0 Å². The summed E-state index contributed by atoms with van der Waals surface area (Å²) >= 11 is 0. The van der Waals surface area contributed by atoms with Crippen molar-refractivity contribution in [3.63, 3.8) is 0 Å². The molecule has 0 saturated carbocycles. The number of rotatable bonds is 3. The predicted molar refractivity (Wildman–Crippen MR) is 79.7 cm³/mol. The van der Waals surface area contributed by atoms with Crippen LogP contribution in [-0.4, -0.2) is 45.0 Å². The summed E-state index contributed by atoms with van der Waals surface area (Å²) < 4.78 is 1.68. The van der Waals surface area contributed by atoms with Gasteiger partial charge in [-0.05, 0) is 32.9 Å². The number of aromatic carboxylic acids is 1. The van der Waals surface area contributed by atoms with Crippen molar-refractivity contribution in [2.75, 3.05) is 18.4 Å². The van der Waals surface area contributed by atoms with E-state index in [1.807, 2.05) is 14.0 Å². The summed E-state index contributed by atoms with van der Waals surface area (Å²) in [5, 5.41) is 21.3. The first-order valence-corrected chi connectivity index (χ1v) is 7.10. The number of carboxylic acids is 1. The van der Waals surface area contributed by atoms with Gasteiger partial charge in [-0.25, -0.2) is 9.78 Å². The largest absolute Gasteiger partial charge is 0.478 e. The highest BCUT2D eigenvalue weighted by atomic mass is 16.4. The van der Waals surface area contributed by atoms with Crippen molar-refractivity contribution in [2.24, 2.45) is 7.05 Å². The lowest BCUT2D eigenvalue weighted by Crippen LogP contribution is -2.35. The van der Waals surface area contributed by atoms with Gasteiger partial charge in [0.15, 0.2) is 5.65 Å². The maximum atomic E-state index is 11.5. The molecule has 0 spiro atoms.